The Morgan fingerprint density at radius 3 is 2.53 bits per heavy atom. The predicted molar refractivity (Wildman–Crippen MR) is 121 cm³/mol. The fourth-order valence-electron chi connectivity index (χ4n) is 4.30. The monoisotopic (exact) mass is 460 g/mol. The number of phosphoric ester groups is 1. The van der Waals surface area contributed by atoms with E-state index in [0.717, 1.165) is 24.1 Å². The molecule has 32 heavy (non-hydrogen) atoms. The molecule has 1 fully saturated rings. The molecule has 3 N–H and O–H groups in total. The first kappa shape index (κ1) is 22.9. The number of nitrogen functional groups attached to an aromatic ring is 1. The molecule has 1 aromatic carbocycles. The van der Waals surface area contributed by atoms with E-state index in [9.17, 15) is 9.46 Å². The van der Waals surface area contributed by atoms with Gasteiger partial charge in [0.25, 0.3) is 0 Å². The summed E-state index contributed by atoms with van der Waals surface area (Å²) in [6, 6.07) is 8.31. The molecule has 2 aliphatic rings. The van der Waals surface area contributed by atoms with Crippen LogP contribution in [0.1, 0.15) is 63.5 Å². The van der Waals surface area contributed by atoms with Crippen LogP contribution in [0, 0.1) is 0 Å². The summed E-state index contributed by atoms with van der Waals surface area (Å²) in [4.78, 5) is 22.6. The molecule has 1 aliphatic carbocycles. The van der Waals surface area contributed by atoms with E-state index in [4.69, 9.17) is 24.5 Å². The maximum absolute atomic E-state index is 11.8. The van der Waals surface area contributed by atoms with Gasteiger partial charge in [-0.25, -0.2) is 14.5 Å². The third-order valence-electron chi connectivity index (χ3n) is 5.87. The number of nitrogens with zero attached hydrogens (tertiary/aromatic N) is 3. The van der Waals surface area contributed by atoms with Crippen LogP contribution in [0.5, 0.6) is 5.88 Å². The Balaban J connectivity index is 1.46. The Kier molecular flexibility index (Phi) is 6.36. The van der Waals surface area contributed by atoms with Gasteiger partial charge in [0.05, 0.1) is 18.4 Å². The molecule has 10 heteroatoms. The maximum atomic E-state index is 11.8. The summed E-state index contributed by atoms with van der Waals surface area (Å²) in [7, 11) is -3.96. The molecule has 2 aromatic rings. The quantitative estimate of drug-likeness (QED) is 0.602. The molecule has 1 atom stereocenters. The highest BCUT2D eigenvalue weighted by atomic mass is 31.2. The van der Waals surface area contributed by atoms with Gasteiger partial charge in [0, 0.05) is 5.56 Å². The van der Waals surface area contributed by atoms with E-state index in [-0.39, 0.29) is 18.5 Å². The maximum Gasteiger partial charge on any atom is 0.472 e. The van der Waals surface area contributed by atoms with Gasteiger partial charge in [-0.1, -0.05) is 24.3 Å². The molecule has 1 unspecified atom stereocenters. The molecule has 0 spiro atoms. The molecule has 1 aromatic heterocycles. The number of anilines is 1. The predicted octanol–water partition coefficient (Wildman–Crippen LogP) is 4.53. The van der Waals surface area contributed by atoms with Crippen LogP contribution in [0.15, 0.2) is 35.6 Å². The van der Waals surface area contributed by atoms with Gasteiger partial charge in [-0.2, -0.15) is 4.98 Å². The average Bonchev–Trinajstić information content (AvgIpc) is 2.73. The van der Waals surface area contributed by atoms with Crippen LogP contribution >= 0.6 is 7.82 Å². The van der Waals surface area contributed by atoms with Crippen molar-refractivity contribution in [3.8, 4) is 5.88 Å². The van der Waals surface area contributed by atoms with E-state index in [1.54, 1.807) is 6.92 Å². The van der Waals surface area contributed by atoms with Crippen LogP contribution in [-0.4, -0.2) is 38.9 Å². The van der Waals surface area contributed by atoms with Gasteiger partial charge in [-0.15, -0.1) is 0 Å². The smallest absolute Gasteiger partial charge is 0.463 e. The molecular formula is C22H29N4O5P. The minimum absolute atomic E-state index is 0.147. The normalized spacial score (nSPS) is 24.1. The number of hydrogen-bond acceptors (Lipinski definition) is 8. The van der Waals surface area contributed by atoms with Crippen LogP contribution < -0.4 is 10.5 Å². The number of benzene rings is 1. The van der Waals surface area contributed by atoms with Crippen LogP contribution in [0.25, 0.3) is 0 Å². The second-order valence-corrected chi connectivity index (χ2v) is 9.98. The second-order valence-electron chi connectivity index (χ2n) is 8.57. The Labute approximate surface area is 187 Å². The van der Waals surface area contributed by atoms with E-state index in [2.05, 4.69) is 22.1 Å². The lowest BCUT2D eigenvalue weighted by atomic mass is 9.82. The number of fused-ring (bicyclic) bond motifs is 1. The summed E-state index contributed by atoms with van der Waals surface area (Å²) in [5.74, 6) is 1.05. The van der Waals surface area contributed by atoms with Gasteiger partial charge in [-0.05, 0) is 57.9 Å². The minimum Gasteiger partial charge on any atom is -0.463 e. The summed E-state index contributed by atoms with van der Waals surface area (Å²) >= 11 is 0. The van der Waals surface area contributed by atoms with Crippen molar-refractivity contribution in [3.05, 3.63) is 41.7 Å². The van der Waals surface area contributed by atoms with Crippen molar-refractivity contribution in [2.45, 2.75) is 64.1 Å². The van der Waals surface area contributed by atoms with Gasteiger partial charge in [0.15, 0.2) is 11.5 Å². The Morgan fingerprint density at radius 1 is 1.19 bits per heavy atom. The Morgan fingerprint density at radius 2 is 1.88 bits per heavy atom. The van der Waals surface area contributed by atoms with Crippen molar-refractivity contribution < 1.29 is 23.2 Å². The summed E-state index contributed by atoms with van der Waals surface area (Å²) in [6.45, 7) is 5.71. The van der Waals surface area contributed by atoms with E-state index >= 15 is 0 Å². The van der Waals surface area contributed by atoms with Gasteiger partial charge >= 0.3 is 7.82 Å². The summed E-state index contributed by atoms with van der Waals surface area (Å²) in [5.41, 5.74) is 8.70. The molecule has 1 aliphatic heterocycles. The number of nitrogens with two attached hydrogens (primary N) is 1. The molecule has 0 saturated heterocycles. The van der Waals surface area contributed by atoms with Gasteiger partial charge in [0.2, 0.25) is 5.88 Å². The highest BCUT2D eigenvalue weighted by Crippen LogP contribution is 2.48. The van der Waals surface area contributed by atoms with Gasteiger partial charge in [-0.3, -0.25) is 9.05 Å². The SMILES string of the molecule is CCOP(=O)(O)OC1CCC(c2ccc(C3=Nc4c(N)ncnc4OC3(C)C)cc2)CC1. The summed E-state index contributed by atoms with van der Waals surface area (Å²) in [5, 5.41) is 0. The minimum atomic E-state index is -3.96. The van der Waals surface area contributed by atoms with E-state index in [0.29, 0.717) is 30.3 Å². The zero-order valence-corrected chi connectivity index (χ0v) is 19.4. The van der Waals surface area contributed by atoms with Crippen molar-refractivity contribution in [2.24, 2.45) is 4.99 Å². The van der Waals surface area contributed by atoms with E-state index in [1.807, 2.05) is 26.0 Å². The zero-order chi connectivity index (χ0) is 22.9. The fraction of sp³-hybridized carbons (Fsp3) is 0.500. The Hall–Kier alpha value is -2.32. The lowest BCUT2D eigenvalue weighted by Gasteiger charge is -2.32. The Bertz CT molecular complexity index is 1050. The second kappa shape index (κ2) is 8.90. The summed E-state index contributed by atoms with van der Waals surface area (Å²) < 4.78 is 28.0. The lowest BCUT2D eigenvalue weighted by Crippen LogP contribution is -2.41. The molecule has 1 saturated carbocycles. The number of ether oxygens (including phenoxy) is 1. The lowest BCUT2D eigenvalue weighted by molar-refractivity contribution is 0.0812. The van der Waals surface area contributed by atoms with Crippen LogP contribution in [0.4, 0.5) is 11.5 Å². The zero-order valence-electron chi connectivity index (χ0n) is 18.5. The molecule has 9 nitrogen and oxygen atoms in total. The number of rotatable bonds is 6. The van der Waals surface area contributed by atoms with Gasteiger partial charge in [0.1, 0.15) is 11.9 Å². The number of aliphatic imine (C=N–C) groups is 1. The van der Waals surface area contributed by atoms with Crippen LogP contribution in [0.3, 0.4) is 0 Å². The molecule has 0 radical (unpaired) electrons. The third-order valence-corrected chi connectivity index (χ3v) is 7.02. The first-order valence-corrected chi connectivity index (χ1v) is 12.3. The van der Waals surface area contributed by atoms with Crippen LogP contribution in [-0.2, 0) is 13.6 Å². The van der Waals surface area contributed by atoms with Crippen molar-refractivity contribution in [3.63, 3.8) is 0 Å². The van der Waals surface area contributed by atoms with E-state index < -0.39 is 13.4 Å². The first-order chi connectivity index (χ1) is 15.2. The van der Waals surface area contributed by atoms with Crippen molar-refractivity contribution in [1.29, 1.82) is 0 Å². The van der Waals surface area contributed by atoms with Crippen molar-refractivity contribution in [1.82, 2.24) is 9.97 Å². The third kappa shape index (κ3) is 4.86. The standard InChI is InChI=1S/C22H29N4O5P/c1-4-29-32(27,28)31-17-11-9-15(10-12-17)14-5-7-16(8-6-14)19-22(2,3)30-21-18(26-19)20(23)24-13-25-21/h5-8,13,15,17H,4,9-12H2,1-3H3,(H,27,28)(H2,23,24,25). The van der Waals surface area contributed by atoms with E-state index in [1.165, 1.54) is 11.9 Å². The molecule has 2 heterocycles. The molecule has 172 valence electrons. The highest BCUT2D eigenvalue weighted by molar-refractivity contribution is 7.47. The average molecular weight is 460 g/mol. The molecule has 4 rings (SSSR count). The highest BCUT2D eigenvalue weighted by Gasteiger charge is 2.35. The molecule has 0 amide bonds. The van der Waals surface area contributed by atoms with Crippen molar-refractivity contribution >= 4 is 25.0 Å². The largest absolute Gasteiger partial charge is 0.472 e. The topological polar surface area (TPSA) is 129 Å². The van der Waals surface area contributed by atoms with Crippen LogP contribution in [0.2, 0.25) is 0 Å². The van der Waals surface area contributed by atoms with Gasteiger partial charge < -0.3 is 15.4 Å². The first-order valence-electron chi connectivity index (χ1n) is 10.8. The number of phosphoric acid groups is 1. The summed E-state index contributed by atoms with van der Waals surface area (Å²) in [6.07, 6.45) is 4.31. The molecule has 0 bridgehead atoms. The fourth-order valence-corrected chi connectivity index (χ4v) is 5.28. The molecular weight excluding hydrogens is 431 g/mol. The number of aromatic nitrogens is 2. The number of hydrogen-bond donors (Lipinski definition) is 2. The van der Waals surface area contributed by atoms with Crippen molar-refractivity contribution in [2.75, 3.05) is 12.3 Å².